The highest BCUT2D eigenvalue weighted by Gasteiger charge is 1.92. The summed E-state index contributed by atoms with van der Waals surface area (Å²) in [4.78, 5) is 0. The number of rotatable bonds is 9. The Morgan fingerprint density at radius 1 is 0.875 bits per heavy atom. The number of halogens is 1. The van der Waals surface area contributed by atoms with E-state index in [4.69, 9.17) is 0 Å². The fraction of sp³-hybridized carbons (Fsp3) is 0.571. The molecule has 0 aliphatic carbocycles. The first kappa shape index (κ1) is 13.7. The second-order valence-corrected chi connectivity index (χ2v) is 4.88. The molecule has 16 heavy (non-hydrogen) atoms. The Balaban J connectivity index is 1.89. The molecule has 1 N–H and O–H groups in total. The molecule has 0 bridgehead atoms. The van der Waals surface area contributed by atoms with Gasteiger partial charge in [-0.05, 0) is 37.9 Å². The molecule has 1 rings (SSSR count). The van der Waals surface area contributed by atoms with Gasteiger partial charge in [-0.15, -0.1) is 0 Å². The van der Waals surface area contributed by atoms with Gasteiger partial charge in [-0.3, -0.25) is 0 Å². The number of nitrogens with one attached hydrogen (secondary N) is 1. The van der Waals surface area contributed by atoms with Crippen molar-refractivity contribution in [3.05, 3.63) is 35.9 Å². The average Bonchev–Trinajstić information content (AvgIpc) is 2.34. The number of unbranched alkanes of at least 4 members (excludes halogenated alkanes) is 3. The van der Waals surface area contributed by atoms with Gasteiger partial charge in [0.15, 0.2) is 0 Å². The van der Waals surface area contributed by atoms with Gasteiger partial charge in [-0.25, -0.2) is 0 Å². The summed E-state index contributed by atoms with van der Waals surface area (Å²) in [6, 6.07) is 10.7. The Bertz CT molecular complexity index is 248. The SMILES string of the molecule is BrCCCCCCNCCc1ccccc1. The summed E-state index contributed by atoms with van der Waals surface area (Å²) in [6.07, 6.45) is 6.46. The highest BCUT2D eigenvalue weighted by atomic mass is 79.9. The summed E-state index contributed by atoms with van der Waals surface area (Å²) in [5.41, 5.74) is 1.43. The van der Waals surface area contributed by atoms with Gasteiger partial charge in [0.1, 0.15) is 0 Å². The molecule has 90 valence electrons. The fourth-order valence-corrected chi connectivity index (χ4v) is 2.10. The smallest absolute Gasteiger partial charge is 0.00313 e. The van der Waals surface area contributed by atoms with Gasteiger partial charge in [0.2, 0.25) is 0 Å². The zero-order valence-electron chi connectivity index (χ0n) is 9.92. The molecule has 0 unspecified atom stereocenters. The zero-order valence-corrected chi connectivity index (χ0v) is 11.5. The molecule has 1 aromatic rings. The van der Waals surface area contributed by atoms with Crippen LogP contribution in [0.3, 0.4) is 0 Å². The van der Waals surface area contributed by atoms with E-state index in [1.54, 1.807) is 0 Å². The number of hydrogen-bond donors (Lipinski definition) is 1. The van der Waals surface area contributed by atoms with E-state index in [1.807, 2.05) is 0 Å². The van der Waals surface area contributed by atoms with Gasteiger partial charge >= 0.3 is 0 Å². The molecule has 0 aliphatic rings. The van der Waals surface area contributed by atoms with Crippen molar-refractivity contribution < 1.29 is 0 Å². The maximum Gasteiger partial charge on any atom is 0.00313 e. The van der Waals surface area contributed by atoms with E-state index in [-0.39, 0.29) is 0 Å². The fourth-order valence-electron chi connectivity index (χ4n) is 1.70. The van der Waals surface area contributed by atoms with Crippen molar-refractivity contribution in [2.24, 2.45) is 0 Å². The molecule has 1 nitrogen and oxygen atoms in total. The normalized spacial score (nSPS) is 10.6. The first-order valence-electron chi connectivity index (χ1n) is 6.24. The van der Waals surface area contributed by atoms with Crippen molar-refractivity contribution in [1.29, 1.82) is 0 Å². The second-order valence-electron chi connectivity index (χ2n) is 4.09. The number of benzene rings is 1. The third-order valence-corrected chi connectivity index (χ3v) is 3.23. The van der Waals surface area contributed by atoms with Crippen molar-refractivity contribution in [1.82, 2.24) is 5.32 Å². The maximum absolute atomic E-state index is 3.50. The Morgan fingerprint density at radius 2 is 1.62 bits per heavy atom. The van der Waals surface area contributed by atoms with Gasteiger partial charge in [0.05, 0.1) is 0 Å². The minimum atomic E-state index is 1.10. The molecular weight excluding hydrogens is 262 g/mol. The Hall–Kier alpha value is -0.340. The van der Waals surface area contributed by atoms with Gasteiger partial charge in [-0.1, -0.05) is 59.1 Å². The summed E-state index contributed by atoms with van der Waals surface area (Å²) >= 11 is 3.45. The average molecular weight is 284 g/mol. The van der Waals surface area contributed by atoms with E-state index in [1.165, 1.54) is 31.2 Å². The van der Waals surface area contributed by atoms with Crippen LogP contribution in [0, 0.1) is 0 Å². The van der Waals surface area contributed by atoms with Crippen LogP contribution in [-0.4, -0.2) is 18.4 Å². The highest BCUT2D eigenvalue weighted by Crippen LogP contribution is 2.01. The van der Waals surface area contributed by atoms with Crippen LogP contribution in [0.2, 0.25) is 0 Å². The molecule has 1 aromatic carbocycles. The Labute approximate surface area is 108 Å². The molecule has 2 heteroatoms. The highest BCUT2D eigenvalue weighted by molar-refractivity contribution is 9.09. The molecule has 0 spiro atoms. The minimum Gasteiger partial charge on any atom is -0.316 e. The van der Waals surface area contributed by atoms with Gasteiger partial charge < -0.3 is 5.32 Å². The van der Waals surface area contributed by atoms with E-state index in [0.717, 1.165) is 24.8 Å². The lowest BCUT2D eigenvalue weighted by atomic mass is 10.1. The third kappa shape index (κ3) is 7.02. The van der Waals surface area contributed by atoms with Crippen LogP contribution in [0.1, 0.15) is 31.2 Å². The molecule has 0 aromatic heterocycles. The van der Waals surface area contributed by atoms with Crippen molar-refractivity contribution in [2.75, 3.05) is 18.4 Å². The van der Waals surface area contributed by atoms with Crippen molar-refractivity contribution in [3.8, 4) is 0 Å². The molecule has 0 saturated carbocycles. The molecule has 0 radical (unpaired) electrons. The molecule has 0 saturated heterocycles. The van der Waals surface area contributed by atoms with Crippen molar-refractivity contribution in [2.45, 2.75) is 32.1 Å². The summed E-state index contributed by atoms with van der Waals surface area (Å²) < 4.78 is 0. The van der Waals surface area contributed by atoms with Crippen molar-refractivity contribution in [3.63, 3.8) is 0 Å². The first-order chi connectivity index (χ1) is 7.93. The summed E-state index contributed by atoms with van der Waals surface area (Å²) in [5.74, 6) is 0. The van der Waals surface area contributed by atoms with E-state index in [9.17, 15) is 0 Å². The number of alkyl halides is 1. The lowest BCUT2D eigenvalue weighted by molar-refractivity contribution is 0.600. The lowest BCUT2D eigenvalue weighted by Gasteiger charge is -2.04. The summed E-state index contributed by atoms with van der Waals surface area (Å²) in [5, 5.41) is 4.65. The Kier molecular flexibility index (Phi) is 8.45. The third-order valence-electron chi connectivity index (χ3n) is 2.67. The van der Waals surface area contributed by atoms with Crippen LogP contribution in [0.4, 0.5) is 0 Å². The minimum absolute atomic E-state index is 1.10. The lowest BCUT2D eigenvalue weighted by Crippen LogP contribution is -2.18. The van der Waals surface area contributed by atoms with Crippen molar-refractivity contribution >= 4 is 15.9 Å². The van der Waals surface area contributed by atoms with Gasteiger partial charge in [0, 0.05) is 5.33 Å². The van der Waals surface area contributed by atoms with Crippen LogP contribution in [0.25, 0.3) is 0 Å². The van der Waals surface area contributed by atoms with Crippen LogP contribution in [0.15, 0.2) is 30.3 Å². The summed E-state index contributed by atoms with van der Waals surface area (Å²) in [6.45, 7) is 2.26. The standard InChI is InChI=1S/C14H22BrN/c15-11-6-1-2-7-12-16-13-10-14-8-4-3-5-9-14/h3-5,8-9,16H,1-2,6-7,10-13H2. The number of hydrogen-bond acceptors (Lipinski definition) is 1. The molecule has 0 amide bonds. The monoisotopic (exact) mass is 283 g/mol. The van der Waals surface area contributed by atoms with E-state index in [0.29, 0.717) is 0 Å². The van der Waals surface area contributed by atoms with E-state index < -0.39 is 0 Å². The van der Waals surface area contributed by atoms with Crippen LogP contribution >= 0.6 is 15.9 Å². The van der Waals surface area contributed by atoms with Crippen LogP contribution in [-0.2, 0) is 6.42 Å². The summed E-state index contributed by atoms with van der Waals surface area (Å²) in [7, 11) is 0. The zero-order chi connectivity index (χ0) is 11.5. The predicted octanol–water partition coefficient (Wildman–Crippen LogP) is 3.77. The molecule has 0 aliphatic heterocycles. The molecule has 0 heterocycles. The Morgan fingerprint density at radius 3 is 2.38 bits per heavy atom. The van der Waals surface area contributed by atoms with Gasteiger partial charge in [-0.2, -0.15) is 0 Å². The maximum atomic E-state index is 3.50. The van der Waals surface area contributed by atoms with Gasteiger partial charge in [0.25, 0.3) is 0 Å². The van der Waals surface area contributed by atoms with E-state index >= 15 is 0 Å². The topological polar surface area (TPSA) is 12.0 Å². The second kappa shape index (κ2) is 9.86. The quantitative estimate of drug-likeness (QED) is 0.537. The molecular formula is C14H22BrN. The largest absolute Gasteiger partial charge is 0.316 e. The van der Waals surface area contributed by atoms with Crippen LogP contribution < -0.4 is 5.32 Å². The predicted molar refractivity (Wildman–Crippen MR) is 75.3 cm³/mol. The molecule has 0 atom stereocenters. The van der Waals surface area contributed by atoms with Crippen LogP contribution in [0.5, 0.6) is 0 Å². The van der Waals surface area contributed by atoms with E-state index in [2.05, 4.69) is 51.6 Å². The molecule has 0 fully saturated rings. The first-order valence-corrected chi connectivity index (χ1v) is 7.36.